The summed E-state index contributed by atoms with van der Waals surface area (Å²) in [5, 5.41) is 0. The van der Waals surface area contributed by atoms with Crippen LogP contribution in [0.1, 0.15) is 21.6 Å². The molecule has 3 rings (SSSR count). The van der Waals surface area contributed by atoms with Crippen molar-refractivity contribution in [1.82, 2.24) is 14.3 Å². The Balaban J connectivity index is 1.97. The van der Waals surface area contributed by atoms with Crippen molar-refractivity contribution >= 4 is 11.6 Å². The van der Waals surface area contributed by atoms with Gasteiger partial charge in [-0.1, -0.05) is 30.3 Å². The molecule has 0 aliphatic rings. The summed E-state index contributed by atoms with van der Waals surface area (Å²) in [7, 11) is 0. The summed E-state index contributed by atoms with van der Waals surface area (Å²) in [6.07, 6.45) is -2.28. The Hall–Kier alpha value is -2.87. The van der Waals surface area contributed by atoms with Gasteiger partial charge in [0.25, 0.3) is 5.91 Å². The molecule has 0 fully saturated rings. The summed E-state index contributed by atoms with van der Waals surface area (Å²) in [6.45, 7) is 0.830. The number of carbonyl (C=O) groups excluding carboxylic acids is 1. The zero-order valence-electron chi connectivity index (χ0n) is 13.8. The number of aromatic nitrogens is 2. The number of alkyl halides is 3. The van der Waals surface area contributed by atoms with Gasteiger partial charge in [0.1, 0.15) is 5.65 Å². The van der Waals surface area contributed by atoms with Gasteiger partial charge in [-0.2, -0.15) is 13.2 Å². The molecule has 0 aliphatic heterocycles. The van der Waals surface area contributed by atoms with Gasteiger partial charge in [0, 0.05) is 32.0 Å². The van der Waals surface area contributed by atoms with Gasteiger partial charge in [0.15, 0.2) is 5.69 Å². The van der Waals surface area contributed by atoms with Crippen LogP contribution < -0.4 is 5.73 Å². The minimum atomic E-state index is -4.58. The van der Waals surface area contributed by atoms with Crippen LogP contribution in [0, 0.1) is 0 Å². The fraction of sp³-hybridized carbons (Fsp3) is 0.222. The molecule has 2 N–H and O–H groups in total. The number of nitrogens with zero attached hydrogens (tertiary/aromatic N) is 3. The lowest BCUT2D eigenvalue weighted by molar-refractivity contribution is -0.140. The SMILES string of the molecule is NCCN(Cc1ccccc1)C(=O)c1cccn2cc(C(F)(F)F)nc12. The van der Waals surface area contributed by atoms with E-state index < -0.39 is 17.8 Å². The zero-order chi connectivity index (χ0) is 18.7. The topological polar surface area (TPSA) is 63.6 Å². The molecule has 0 radical (unpaired) electrons. The number of pyridine rings is 1. The van der Waals surface area contributed by atoms with Crippen LogP contribution in [0.5, 0.6) is 0 Å². The number of nitrogens with two attached hydrogens (primary N) is 1. The third-order valence-corrected chi connectivity index (χ3v) is 3.91. The van der Waals surface area contributed by atoms with Crippen LogP contribution in [0.4, 0.5) is 13.2 Å². The Kier molecular flexibility index (Phi) is 4.94. The van der Waals surface area contributed by atoms with Gasteiger partial charge in [-0.15, -0.1) is 0 Å². The molecule has 0 saturated carbocycles. The first-order chi connectivity index (χ1) is 12.4. The predicted octanol–water partition coefficient (Wildman–Crippen LogP) is 2.95. The number of benzene rings is 1. The number of rotatable bonds is 5. The fourth-order valence-electron chi connectivity index (χ4n) is 2.70. The summed E-state index contributed by atoms with van der Waals surface area (Å²) >= 11 is 0. The number of carbonyl (C=O) groups is 1. The van der Waals surface area contributed by atoms with Crippen LogP contribution in [0.2, 0.25) is 0 Å². The molecule has 3 aromatic rings. The number of imidazole rings is 1. The molecule has 2 heterocycles. The molecule has 8 heteroatoms. The van der Waals surface area contributed by atoms with E-state index >= 15 is 0 Å². The predicted molar refractivity (Wildman–Crippen MR) is 90.4 cm³/mol. The first-order valence-corrected chi connectivity index (χ1v) is 7.98. The number of hydrogen-bond donors (Lipinski definition) is 1. The Morgan fingerprint density at radius 2 is 1.88 bits per heavy atom. The molecular weight excluding hydrogens is 345 g/mol. The Morgan fingerprint density at radius 1 is 1.15 bits per heavy atom. The maximum atomic E-state index is 12.9. The van der Waals surface area contributed by atoms with Crippen LogP contribution in [-0.4, -0.2) is 33.3 Å². The van der Waals surface area contributed by atoms with Crippen molar-refractivity contribution in [2.75, 3.05) is 13.1 Å². The molecule has 1 aromatic carbocycles. The summed E-state index contributed by atoms with van der Waals surface area (Å²) in [6, 6.07) is 12.3. The highest BCUT2D eigenvalue weighted by Crippen LogP contribution is 2.29. The average Bonchev–Trinajstić information content (AvgIpc) is 3.06. The van der Waals surface area contributed by atoms with E-state index in [-0.39, 0.29) is 24.3 Å². The standard InChI is InChI=1S/C18H17F3N4O/c19-18(20,21)15-12-24-9-4-7-14(16(24)23-15)17(26)25(10-8-22)11-13-5-2-1-3-6-13/h1-7,9,12H,8,10-11,22H2. The van der Waals surface area contributed by atoms with Crippen LogP contribution in [0.15, 0.2) is 54.9 Å². The van der Waals surface area contributed by atoms with Crippen molar-refractivity contribution in [2.24, 2.45) is 5.73 Å². The van der Waals surface area contributed by atoms with Crippen molar-refractivity contribution in [2.45, 2.75) is 12.7 Å². The second-order valence-corrected chi connectivity index (χ2v) is 5.78. The lowest BCUT2D eigenvalue weighted by Crippen LogP contribution is -2.35. The summed E-state index contributed by atoms with van der Waals surface area (Å²) < 4.78 is 40.0. The Bertz CT molecular complexity index is 906. The summed E-state index contributed by atoms with van der Waals surface area (Å²) in [5.74, 6) is -0.413. The van der Waals surface area contributed by atoms with E-state index in [4.69, 9.17) is 5.73 Å². The van der Waals surface area contributed by atoms with Crippen LogP contribution in [0.3, 0.4) is 0 Å². The fourth-order valence-corrected chi connectivity index (χ4v) is 2.70. The number of hydrogen-bond acceptors (Lipinski definition) is 3. The first-order valence-electron chi connectivity index (χ1n) is 7.98. The van der Waals surface area contributed by atoms with Gasteiger partial charge in [-0.3, -0.25) is 4.79 Å². The maximum absolute atomic E-state index is 12.9. The van der Waals surface area contributed by atoms with Crippen LogP contribution in [-0.2, 0) is 12.7 Å². The molecule has 136 valence electrons. The highest BCUT2D eigenvalue weighted by molar-refractivity contribution is 5.99. The Morgan fingerprint density at radius 3 is 2.54 bits per heavy atom. The van der Waals surface area contributed by atoms with E-state index in [9.17, 15) is 18.0 Å². The molecule has 0 aliphatic carbocycles. The van der Waals surface area contributed by atoms with Gasteiger partial charge >= 0.3 is 6.18 Å². The number of amides is 1. The van der Waals surface area contributed by atoms with Gasteiger partial charge in [0.2, 0.25) is 0 Å². The van der Waals surface area contributed by atoms with Gasteiger partial charge in [-0.25, -0.2) is 4.98 Å². The highest BCUT2D eigenvalue weighted by Gasteiger charge is 2.34. The largest absolute Gasteiger partial charge is 0.434 e. The second-order valence-electron chi connectivity index (χ2n) is 5.78. The van der Waals surface area contributed by atoms with E-state index in [1.807, 2.05) is 30.3 Å². The molecule has 5 nitrogen and oxygen atoms in total. The number of fused-ring (bicyclic) bond motifs is 1. The van der Waals surface area contributed by atoms with E-state index in [1.165, 1.54) is 27.6 Å². The second kappa shape index (κ2) is 7.17. The minimum absolute atomic E-state index is 0.0279. The highest BCUT2D eigenvalue weighted by atomic mass is 19.4. The summed E-state index contributed by atoms with van der Waals surface area (Å²) in [5.41, 5.74) is 5.55. The van der Waals surface area contributed by atoms with Crippen molar-refractivity contribution in [3.05, 3.63) is 71.7 Å². The first kappa shape index (κ1) is 17.9. The van der Waals surface area contributed by atoms with Gasteiger partial charge in [-0.05, 0) is 17.7 Å². The molecule has 0 spiro atoms. The minimum Gasteiger partial charge on any atom is -0.333 e. The molecule has 0 unspecified atom stereocenters. The monoisotopic (exact) mass is 362 g/mol. The van der Waals surface area contributed by atoms with E-state index in [0.29, 0.717) is 6.54 Å². The average molecular weight is 362 g/mol. The zero-order valence-corrected chi connectivity index (χ0v) is 13.8. The third kappa shape index (κ3) is 3.70. The van der Waals surface area contributed by atoms with Crippen LogP contribution in [0.25, 0.3) is 5.65 Å². The van der Waals surface area contributed by atoms with Gasteiger partial charge < -0.3 is 15.0 Å². The van der Waals surface area contributed by atoms with Crippen molar-refractivity contribution in [3.63, 3.8) is 0 Å². The molecule has 1 amide bonds. The molecule has 2 aromatic heterocycles. The smallest absolute Gasteiger partial charge is 0.333 e. The third-order valence-electron chi connectivity index (χ3n) is 3.91. The van der Waals surface area contributed by atoms with E-state index in [2.05, 4.69) is 4.98 Å². The quantitative estimate of drug-likeness (QED) is 0.759. The van der Waals surface area contributed by atoms with E-state index in [0.717, 1.165) is 11.8 Å². The molecular formula is C18H17F3N4O. The lowest BCUT2D eigenvalue weighted by Gasteiger charge is -2.22. The number of halogens is 3. The normalized spacial score (nSPS) is 11.7. The van der Waals surface area contributed by atoms with Crippen molar-refractivity contribution in [1.29, 1.82) is 0 Å². The van der Waals surface area contributed by atoms with Crippen LogP contribution >= 0.6 is 0 Å². The molecule has 26 heavy (non-hydrogen) atoms. The molecule has 0 saturated heterocycles. The van der Waals surface area contributed by atoms with E-state index in [1.54, 1.807) is 0 Å². The van der Waals surface area contributed by atoms with Gasteiger partial charge in [0.05, 0.1) is 5.56 Å². The lowest BCUT2D eigenvalue weighted by atomic mass is 10.1. The Labute approximate surface area is 147 Å². The summed E-state index contributed by atoms with van der Waals surface area (Å²) in [4.78, 5) is 18.1. The van der Waals surface area contributed by atoms with Crippen molar-refractivity contribution < 1.29 is 18.0 Å². The molecule has 0 atom stereocenters. The molecule has 0 bridgehead atoms. The van der Waals surface area contributed by atoms with Crippen molar-refractivity contribution in [3.8, 4) is 0 Å². The maximum Gasteiger partial charge on any atom is 0.434 e.